The first-order valence-corrected chi connectivity index (χ1v) is 2.82. The smallest absolute Gasteiger partial charge is 0.200 e. The number of ketones is 1. The monoisotopic (exact) mass is 158 g/mol. The maximum absolute atomic E-state index is 10.1. The highest BCUT2D eigenvalue weighted by atomic mass is 35.5. The van der Waals surface area contributed by atoms with Crippen molar-refractivity contribution in [3.05, 3.63) is 0 Å². The fourth-order valence-electron chi connectivity index (χ4n) is 0.224. The quantitative estimate of drug-likeness (QED) is 0.488. The molecule has 0 spiro atoms. The SMILES string of the molecule is O=C1C(Cl)C1(Cl)Cl. The molecule has 0 saturated heterocycles. The first kappa shape index (κ1) is 5.67. The average Bonchev–Trinajstić information content (AvgIpc) is 1.91. The van der Waals surface area contributed by atoms with Crippen molar-refractivity contribution in [1.29, 1.82) is 0 Å². The molecule has 40 valence electrons. The summed E-state index contributed by atoms with van der Waals surface area (Å²) in [6, 6.07) is 0. The van der Waals surface area contributed by atoms with Crippen LogP contribution in [0.2, 0.25) is 0 Å². The van der Waals surface area contributed by atoms with Crippen LogP contribution in [0, 0.1) is 0 Å². The Morgan fingerprint density at radius 2 is 1.71 bits per heavy atom. The first-order valence-electron chi connectivity index (χ1n) is 1.63. The van der Waals surface area contributed by atoms with Gasteiger partial charge in [0, 0.05) is 0 Å². The van der Waals surface area contributed by atoms with Gasteiger partial charge in [0.2, 0.25) is 4.33 Å². The Labute approximate surface area is 55.5 Å². The van der Waals surface area contributed by atoms with Crippen molar-refractivity contribution in [2.24, 2.45) is 0 Å². The van der Waals surface area contributed by atoms with Crippen molar-refractivity contribution in [2.45, 2.75) is 9.71 Å². The summed E-state index contributed by atoms with van der Waals surface area (Å²) in [5, 5.41) is -0.671. The minimum absolute atomic E-state index is 0.294. The number of hydrogen-bond acceptors (Lipinski definition) is 1. The van der Waals surface area contributed by atoms with Crippen LogP contribution in [0.4, 0.5) is 0 Å². The molecule has 1 fully saturated rings. The zero-order chi connectivity index (χ0) is 5.65. The van der Waals surface area contributed by atoms with Crippen LogP contribution in [0.3, 0.4) is 0 Å². The standard InChI is InChI=1S/C3HCl3O/c4-1-2(7)3(1,5)6/h1H. The van der Waals surface area contributed by atoms with E-state index in [1.54, 1.807) is 0 Å². The molecule has 1 rings (SSSR count). The van der Waals surface area contributed by atoms with Gasteiger partial charge in [0.15, 0.2) is 5.78 Å². The van der Waals surface area contributed by atoms with Crippen molar-refractivity contribution < 1.29 is 4.79 Å². The van der Waals surface area contributed by atoms with E-state index >= 15 is 0 Å². The Kier molecular flexibility index (Phi) is 1.03. The predicted molar refractivity (Wildman–Crippen MR) is 29.1 cm³/mol. The van der Waals surface area contributed by atoms with E-state index < -0.39 is 9.71 Å². The van der Waals surface area contributed by atoms with E-state index in [1.165, 1.54) is 0 Å². The van der Waals surface area contributed by atoms with Gasteiger partial charge < -0.3 is 0 Å². The lowest BCUT2D eigenvalue weighted by Crippen LogP contribution is -1.86. The van der Waals surface area contributed by atoms with Crippen LogP contribution in [0.1, 0.15) is 0 Å². The summed E-state index contributed by atoms with van der Waals surface area (Å²) in [6.07, 6.45) is 0. The molecule has 1 saturated carbocycles. The number of rotatable bonds is 0. The molecule has 0 heterocycles. The van der Waals surface area contributed by atoms with E-state index in [4.69, 9.17) is 34.8 Å². The van der Waals surface area contributed by atoms with Gasteiger partial charge in [0.1, 0.15) is 5.38 Å². The van der Waals surface area contributed by atoms with Crippen LogP contribution in [0.25, 0.3) is 0 Å². The van der Waals surface area contributed by atoms with Gasteiger partial charge in [0.05, 0.1) is 0 Å². The van der Waals surface area contributed by atoms with Crippen molar-refractivity contribution in [2.75, 3.05) is 0 Å². The molecule has 1 unspecified atom stereocenters. The van der Waals surface area contributed by atoms with Gasteiger partial charge in [-0.1, -0.05) is 23.2 Å². The first-order chi connectivity index (χ1) is 3.07. The maximum Gasteiger partial charge on any atom is 0.200 e. The van der Waals surface area contributed by atoms with Crippen LogP contribution in [0.5, 0.6) is 0 Å². The number of hydrogen-bond donors (Lipinski definition) is 0. The summed E-state index contributed by atoms with van der Waals surface area (Å²) in [5.41, 5.74) is 0. The third-order valence-electron chi connectivity index (χ3n) is 0.794. The van der Waals surface area contributed by atoms with E-state index in [0.29, 0.717) is 0 Å². The second-order valence-corrected chi connectivity index (χ2v) is 3.17. The van der Waals surface area contributed by atoms with Crippen molar-refractivity contribution in [3.63, 3.8) is 0 Å². The van der Waals surface area contributed by atoms with Crippen molar-refractivity contribution >= 4 is 40.6 Å². The fourth-order valence-corrected chi connectivity index (χ4v) is 0.859. The summed E-state index contributed by atoms with van der Waals surface area (Å²) >= 11 is 15.7. The topological polar surface area (TPSA) is 17.1 Å². The summed E-state index contributed by atoms with van der Waals surface area (Å²) in [5.74, 6) is -0.294. The Balaban J connectivity index is 2.70. The summed E-state index contributed by atoms with van der Waals surface area (Å²) < 4.78 is -1.26. The molecular weight excluding hydrogens is 158 g/mol. The third-order valence-corrected chi connectivity index (χ3v) is 2.35. The van der Waals surface area contributed by atoms with Crippen LogP contribution < -0.4 is 0 Å². The molecular formula is C3HCl3O. The van der Waals surface area contributed by atoms with E-state index in [2.05, 4.69) is 0 Å². The molecule has 0 aliphatic heterocycles. The Bertz CT molecular complexity index is 119. The zero-order valence-corrected chi connectivity index (χ0v) is 5.39. The third kappa shape index (κ3) is 0.638. The second-order valence-electron chi connectivity index (χ2n) is 1.35. The highest BCUT2D eigenvalue weighted by Crippen LogP contribution is 2.46. The molecule has 1 atom stereocenters. The zero-order valence-electron chi connectivity index (χ0n) is 3.12. The van der Waals surface area contributed by atoms with E-state index in [-0.39, 0.29) is 5.78 Å². The highest BCUT2D eigenvalue weighted by molar-refractivity contribution is 6.74. The van der Waals surface area contributed by atoms with Crippen molar-refractivity contribution in [1.82, 2.24) is 0 Å². The molecule has 0 aromatic carbocycles. The molecule has 0 aromatic rings. The normalized spacial score (nSPS) is 35.9. The summed E-state index contributed by atoms with van der Waals surface area (Å²) in [7, 11) is 0. The Morgan fingerprint density at radius 1 is 1.57 bits per heavy atom. The molecule has 7 heavy (non-hydrogen) atoms. The molecule has 0 bridgehead atoms. The van der Waals surface area contributed by atoms with Crippen molar-refractivity contribution in [3.8, 4) is 0 Å². The highest BCUT2D eigenvalue weighted by Gasteiger charge is 2.62. The van der Waals surface area contributed by atoms with Gasteiger partial charge >= 0.3 is 0 Å². The Morgan fingerprint density at radius 3 is 1.71 bits per heavy atom. The minimum Gasteiger partial charge on any atom is -0.294 e. The number of carbonyl (C=O) groups excluding carboxylic acids is 1. The van der Waals surface area contributed by atoms with E-state index in [1.807, 2.05) is 0 Å². The lowest BCUT2D eigenvalue weighted by Gasteiger charge is -1.79. The fraction of sp³-hybridized carbons (Fsp3) is 0.667. The maximum atomic E-state index is 10.1. The van der Waals surface area contributed by atoms with Crippen LogP contribution in [-0.2, 0) is 4.79 Å². The van der Waals surface area contributed by atoms with E-state index in [0.717, 1.165) is 0 Å². The van der Waals surface area contributed by atoms with Gasteiger partial charge in [-0.25, -0.2) is 0 Å². The largest absolute Gasteiger partial charge is 0.294 e. The van der Waals surface area contributed by atoms with Gasteiger partial charge in [-0.2, -0.15) is 0 Å². The molecule has 0 aromatic heterocycles. The van der Waals surface area contributed by atoms with Gasteiger partial charge in [0.25, 0.3) is 0 Å². The molecule has 0 amide bonds. The summed E-state index contributed by atoms with van der Waals surface area (Å²) in [4.78, 5) is 10.1. The van der Waals surface area contributed by atoms with Crippen LogP contribution in [-0.4, -0.2) is 15.5 Å². The average molecular weight is 159 g/mol. The molecule has 1 nitrogen and oxygen atoms in total. The molecule has 1 aliphatic carbocycles. The molecule has 1 aliphatic rings. The lowest BCUT2D eigenvalue weighted by atomic mass is 10.9. The van der Waals surface area contributed by atoms with Gasteiger partial charge in [-0.3, -0.25) is 4.79 Å². The van der Waals surface area contributed by atoms with Crippen LogP contribution >= 0.6 is 34.8 Å². The summed E-state index contributed by atoms with van der Waals surface area (Å²) in [6.45, 7) is 0. The predicted octanol–water partition coefficient (Wildman–Crippen LogP) is 1.35. The molecule has 0 N–H and O–H groups in total. The minimum atomic E-state index is -1.26. The number of halogens is 3. The number of carbonyl (C=O) groups is 1. The molecule has 4 heteroatoms. The van der Waals surface area contributed by atoms with Gasteiger partial charge in [-0.15, -0.1) is 11.6 Å². The Hall–Kier alpha value is 0.540. The van der Waals surface area contributed by atoms with Crippen LogP contribution in [0.15, 0.2) is 0 Å². The second kappa shape index (κ2) is 1.28. The number of alkyl halides is 3. The van der Waals surface area contributed by atoms with E-state index in [9.17, 15) is 4.79 Å². The lowest BCUT2D eigenvalue weighted by molar-refractivity contribution is -0.110. The van der Waals surface area contributed by atoms with Gasteiger partial charge in [-0.05, 0) is 0 Å². The molecule has 0 radical (unpaired) electrons. The number of Topliss-reactive ketones (excluding diaryl/α,β-unsaturated/α-hetero) is 1.